The fourth-order valence-corrected chi connectivity index (χ4v) is 3.90. The Bertz CT molecular complexity index is 324. The van der Waals surface area contributed by atoms with E-state index < -0.39 is 26.4 Å². The van der Waals surface area contributed by atoms with Crippen LogP contribution in [-0.4, -0.2) is 37.3 Å². The molecule has 0 aromatic heterocycles. The zero-order chi connectivity index (χ0) is 13.7. The second kappa shape index (κ2) is 6.75. The SMILES string of the molecule is NCCCCCC(=O)C(P(=O)(O)O)P(=O)(O)O. The van der Waals surface area contributed by atoms with Crippen LogP contribution in [0.5, 0.6) is 0 Å². The molecule has 0 aliphatic rings. The summed E-state index contributed by atoms with van der Waals surface area (Å²) in [7, 11) is -10.3. The Morgan fingerprint density at radius 3 is 1.82 bits per heavy atom. The van der Waals surface area contributed by atoms with Gasteiger partial charge in [0.1, 0.15) is 0 Å². The van der Waals surface area contributed by atoms with E-state index in [0.29, 0.717) is 25.8 Å². The molecule has 0 rings (SSSR count). The van der Waals surface area contributed by atoms with Gasteiger partial charge in [0.25, 0.3) is 0 Å². The summed E-state index contributed by atoms with van der Waals surface area (Å²) in [6.07, 6.45) is 1.23. The lowest BCUT2D eigenvalue weighted by atomic mass is 10.1. The van der Waals surface area contributed by atoms with Crippen molar-refractivity contribution in [3.63, 3.8) is 0 Å². The summed E-state index contributed by atoms with van der Waals surface area (Å²) in [4.78, 5) is 46.4. The van der Waals surface area contributed by atoms with Gasteiger partial charge in [-0.05, 0) is 19.4 Å². The summed E-state index contributed by atoms with van der Waals surface area (Å²) in [6.45, 7) is 0.425. The van der Waals surface area contributed by atoms with Gasteiger partial charge in [-0.25, -0.2) is 0 Å². The molecule has 0 aliphatic heterocycles. The molecule has 10 heteroatoms. The number of ketones is 1. The standard InChI is InChI=1S/C7H17NO7P2/c8-5-3-1-2-4-6(9)7(16(10,11)12)17(13,14)15/h7H,1-5,8H2,(H2,10,11,12)(H2,13,14,15). The van der Waals surface area contributed by atoms with Crippen molar-refractivity contribution in [2.75, 3.05) is 6.54 Å². The fourth-order valence-electron chi connectivity index (χ4n) is 1.32. The average Bonchev–Trinajstić information content (AvgIpc) is 2.07. The highest BCUT2D eigenvalue weighted by molar-refractivity contribution is 7.72. The summed E-state index contributed by atoms with van der Waals surface area (Å²) < 4.78 is 21.7. The molecular weight excluding hydrogens is 272 g/mol. The van der Waals surface area contributed by atoms with Crippen molar-refractivity contribution in [1.82, 2.24) is 0 Å². The molecule has 6 N–H and O–H groups in total. The Hall–Kier alpha value is -0.0700. The topological polar surface area (TPSA) is 158 Å². The minimum Gasteiger partial charge on any atom is -0.330 e. The molecule has 0 unspecified atom stereocenters. The summed E-state index contributed by atoms with van der Waals surface area (Å²) in [5.74, 6) is -1.11. The number of hydrogen-bond acceptors (Lipinski definition) is 4. The quantitative estimate of drug-likeness (QED) is 0.302. The average molecular weight is 289 g/mol. The van der Waals surface area contributed by atoms with Gasteiger partial charge < -0.3 is 25.3 Å². The molecule has 0 spiro atoms. The molecular formula is C7H17NO7P2. The molecule has 0 saturated carbocycles. The fraction of sp³-hybridized carbons (Fsp3) is 0.857. The number of carbonyl (C=O) groups is 1. The smallest absolute Gasteiger partial charge is 0.330 e. The van der Waals surface area contributed by atoms with Gasteiger partial charge in [0.15, 0.2) is 5.78 Å². The Morgan fingerprint density at radius 2 is 1.47 bits per heavy atom. The first-order chi connectivity index (χ1) is 7.60. The van der Waals surface area contributed by atoms with Crippen molar-refractivity contribution in [3.8, 4) is 0 Å². The molecule has 0 radical (unpaired) electrons. The molecule has 0 atom stereocenters. The lowest BCUT2D eigenvalue weighted by molar-refractivity contribution is -0.118. The van der Waals surface area contributed by atoms with Crippen LogP contribution in [0.15, 0.2) is 0 Å². The van der Waals surface area contributed by atoms with Gasteiger partial charge in [-0.3, -0.25) is 13.9 Å². The normalized spacial score (nSPS) is 13.1. The van der Waals surface area contributed by atoms with E-state index >= 15 is 0 Å². The highest BCUT2D eigenvalue weighted by Crippen LogP contribution is 2.60. The van der Waals surface area contributed by atoms with Crippen LogP contribution in [0.1, 0.15) is 25.7 Å². The van der Waals surface area contributed by atoms with Crippen LogP contribution in [0.25, 0.3) is 0 Å². The van der Waals surface area contributed by atoms with Crippen molar-refractivity contribution < 1.29 is 33.5 Å². The second-order valence-electron chi connectivity index (χ2n) is 3.62. The van der Waals surface area contributed by atoms with Crippen LogP contribution < -0.4 is 5.73 Å². The van der Waals surface area contributed by atoms with Crippen LogP contribution in [-0.2, 0) is 13.9 Å². The maximum Gasteiger partial charge on any atom is 0.348 e. The molecule has 102 valence electrons. The van der Waals surface area contributed by atoms with E-state index in [1.807, 2.05) is 0 Å². The van der Waals surface area contributed by atoms with Crippen molar-refractivity contribution in [3.05, 3.63) is 0 Å². The zero-order valence-corrected chi connectivity index (χ0v) is 10.9. The molecule has 8 nitrogen and oxygen atoms in total. The van der Waals surface area contributed by atoms with Crippen LogP contribution in [0, 0.1) is 0 Å². The molecule has 0 bridgehead atoms. The summed E-state index contributed by atoms with van der Waals surface area (Å²) in [6, 6.07) is 0. The third-order valence-corrected chi connectivity index (χ3v) is 5.71. The zero-order valence-electron chi connectivity index (χ0n) is 9.10. The second-order valence-corrected chi connectivity index (χ2v) is 7.41. The number of carbonyl (C=O) groups excluding carboxylic acids is 1. The van der Waals surface area contributed by atoms with E-state index in [2.05, 4.69) is 0 Å². The van der Waals surface area contributed by atoms with Crippen molar-refractivity contribution in [2.45, 2.75) is 31.1 Å². The van der Waals surface area contributed by atoms with E-state index in [-0.39, 0.29) is 6.42 Å². The maximum absolute atomic E-state index is 11.4. The molecule has 0 amide bonds. The van der Waals surface area contributed by atoms with Gasteiger partial charge in [0.2, 0.25) is 5.40 Å². The minimum atomic E-state index is -5.15. The Balaban J connectivity index is 4.59. The van der Waals surface area contributed by atoms with Gasteiger partial charge >= 0.3 is 15.2 Å². The molecule has 0 fully saturated rings. The highest BCUT2D eigenvalue weighted by atomic mass is 31.2. The van der Waals surface area contributed by atoms with Crippen LogP contribution in [0.4, 0.5) is 0 Å². The van der Waals surface area contributed by atoms with Gasteiger partial charge in [0, 0.05) is 6.42 Å². The van der Waals surface area contributed by atoms with Crippen LogP contribution >= 0.6 is 15.2 Å². The van der Waals surface area contributed by atoms with Gasteiger partial charge in [-0.2, -0.15) is 0 Å². The number of nitrogens with two attached hydrogens (primary N) is 1. The lowest BCUT2D eigenvalue weighted by Crippen LogP contribution is -2.21. The molecule has 0 saturated heterocycles. The molecule has 17 heavy (non-hydrogen) atoms. The first-order valence-corrected chi connectivity index (χ1v) is 8.30. The van der Waals surface area contributed by atoms with Gasteiger partial charge in [0.05, 0.1) is 0 Å². The third-order valence-electron chi connectivity index (χ3n) is 2.05. The van der Waals surface area contributed by atoms with Crippen molar-refractivity contribution >= 4 is 21.0 Å². The lowest BCUT2D eigenvalue weighted by Gasteiger charge is -2.18. The van der Waals surface area contributed by atoms with Crippen molar-refractivity contribution in [2.24, 2.45) is 5.73 Å². The number of Topliss-reactive ketones (excluding diaryl/α,β-unsaturated/α-hetero) is 1. The molecule has 0 aromatic rings. The van der Waals surface area contributed by atoms with E-state index in [1.165, 1.54) is 0 Å². The van der Waals surface area contributed by atoms with E-state index in [1.54, 1.807) is 0 Å². The van der Waals surface area contributed by atoms with Crippen LogP contribution in [0.2, 0.25) is 0 Å². The van der Waals surface area contributed by atoms with Gasteiger partial charge in [-0.1, -0.05) is 6.42 Å². The first-order valence-electron chi connectivity index (χ1n) is 4.94. The maximum atomic E-state index is 11.4. The first kappa shape index (κ1) is 16.9. The minimum absolute atomic E-state index is 0.277. The predicted octanol–water partition coefficient (Wildman–Crippen LogP) is -0.244. The van der Waals surface area contributed by atoms with Crippen molar-refractivity contribution in [1.29, 1.82) is 0 Å². The van der Waals surface area contributed by atoms with E-state index in [9.17, 15) is 13.9 Å². The summed E-state index contributed by atoms with van der Waals surface area (Å²) >= 11 is 0. The summed E-state index contributed by atoms with van der Waals surface area (Å²) in [5.41, 5.74) is 5.21. The Morgan fingerprint density at radius 1 is 1.00 bits per heavy atom. The van der Waals surface area contributed by atoms with Gasteiger partial charge in [-0.15, -0.1) is 0 Å². The molecule has 0 heterocycles. The van der Waals surface area contributed by atoms with E-state index in [0.717, 1.165) is 0 Å². The molecule has 0 aliphatic carbocycles. The largest absolute Gasteiger partial charge is 0.348 e. The predicted molar refractivity (Wildman–Crippen MR) is 60.4 cm³/mol. The highest BCUT2D eigenvalue weighted by Gasteiger charge is 2.48. The monoisotopic (exact) mass is 289 g/mol. The number of unbranched alkanes of at least 4 members (excludes halogenated alkanes) is 2. The number of rotatable bonds is 8. The third kappa shape index (κ3) is 6.43. The Kier molecular flexibility index (Phi) is 6.73. The Labute approximate surface area is 98.5 Å². The molecule has 0 aromatic carbocycles. The van der Waals surface area contributed by atoms with E-state index in [4.69, 9.17) is 25.3 Å². The van der Waals surface area contributed by atoms with Crippen LogP contribution in [0.3, 0.4) is 0 Å². The summed E-state index contributed by atoms with van der Waals surface area (Å²) in [5, 5.41) is -2.53. The number of hydrogen-bond donors (Lipinski definition) is 5.